The van der Waals surface area contributed by atoms with Crippen molar-refractivity contribution in [2.45, 2.75) is 17.3 Å². The third-order valence-corrected chi connectivity index (χ3v) is 6.09. The van der Waals surface area contributed by atoms with Gasteiger partial charge in [-0.1, -0.05) is 12.1 Å². The molecule has 0 aliphatic carbocycles. The number of thioether (sulfide) groups is 1. The summed E-state index contributed by atoms with van der Waals surface area (Å²) in [5.74, 6) is 4.88. The van der Waals surface area contributed by atoms with Crippen molar-refractivity contribution in [3.63, 3.8) is 0 Å². The Balaban J connectivity index is 1.22. The molecule has 0 amide bonds. The number of pyridine rings is 2. The molecule has 2 N–H and O–H groups in total. The number of benzene rings is 1. The second-order valence-corrected chi connectivity index (χ2v) is 8.11. The number of nitrogens with one attached hydrogen (secondary N) is 2. The van der Waals surface area contributed by atoms with Crippen LogP contribution in [0.5, 0.6) is 17.2 Å². The molecule has 0 spiro atoms. The van der Waals surface area contributed by atoms with Gasteiger partial charge in [0.15, 0.2) is 23.1 Å². The fourth-order valence-electron chi connectivity index (χ4n) is 3.61. The Kier molecular flexibility index (Phi) is 3.90. The molecule has 2 aromatic heterocycles. The number of para-hydroxylation sites is 2. The zero-order valence-electron chi connectivity index (χ0n) is 15.4. The van der Waals surface area contributed by atoms with E-state index in [4.69, 9.17) is 14.2 Å². The maximum atomic E-state index is 6.21. The summed E-state index contributed by atoms with van der Waals surface area (Å²) in [6.45, 7) is 1.57. The summed E-state index contributed by atoms with van der Waals surface area (Å²) in [5, 5.41) is 6.70. The predicted octanol–water partition coefficient (Wildman–Crippen LogP) is 4.01. The second kappa shape index (κ2) is 6.73. The first-order chi connectivity index (χ1) is 14.3. The normalized spacial score (nSPS) is 19.4. The molecule has 1 atom stereocenters. The Morgan fingerprint density at radius 3 is 2.66 bits per heavy atom. The van der Waals surface area contributed by atoms with Crippen LogP contribution in [0, 0.1) is 0 Å². The number of hydrogen-bond acceptors (Lipinski definition) is 8. The number of fused-ring (bicyclic) bond motifs is 3. The zero-order chi connectivity index (χ0) is 19.2. The van der Waals surface area contributed by atoms with Crippen LogP contribution in [0.3, 0.4) is 0 Å². The number of nitrogens with zero attached hydrogens (tertiary/aromatic N) is 2. The maximum absolute atomic E-state index is 6.21. The number of hydrogen-bond donors (Lipinski definition) is 2. The summed E-state index contributed by atoms with van der Waals surface area (Å²) in [6, 6.07) is 13.6. The van der Waals surface area contributed by atoms with Gasteiger partial charge in [-0.2, -0.15) is 0 Å². The van der Waals surface area contributed by atoms with Gasteiger partial charge in [0.05, 0.1) is 11.4 Å². The number of rotatable bonds is 2. The Morgan fingerprint density at radius 1 is 0.931 bits per heavy atom. The number of aromatic nitrogens is 2. The van der Waals surface area contributed by atoms with Crippen molar-refractivity contribution in [1.82, 2.24) is 9.97 Å². The molecule has 0 radical (unpaired) electrons. The van der Waals surface area contributed by atoms with Gasteiger partial charge in [0.25, 0.3) is 6.29 Å². The summed E-state index contributed by atoms with van der Waals surface area (Å²) in [5.41, 5.74) is 1.76. The predicted molar refractivity (Wildman–Crippen MR) is 110 cm³/mol. The fourth-order valence-corrected chi connectivity index (χ4v) is 4.52. The van der Waals surface area contributed by atoms with Crippen LogP contribution < -0.4 is 24.8 Å². The standard InChI is InChI=1S/C21H18N4O3S/c1-2-4-15-14(3-1)27-21(28-15)13-5-6-16-19(25-13)24-11-17(26-16)12-9-18-20(23-10-12)22-7-8-29-18/h1-6,9-10,17,21H,7-8,11H2,(H,22,23)(H,24,25). The first kappa shape index (κ1) is 16.8. The van der Waals surface area contributed by atoms with Crippen LogP contribution in [0.15, 0.2) is 53.6 Å². The van der Waals surface area contributed by atoms with Crippen molar-refractivity contribution in [1.29, 1.82) is 0 Å². The van der Waals surface area contributed by atoms with E-state index in [9.17, 15) is 0 Å². The van der Waals surface area contributed by atoms with E-state index >= 15 is 0 Å². The van der Waals surface area contributed by atoms with Gasteiger partial charge < -0.3 is 24.8 Å². The van der Waals surface area contributed by atoms with Gasteiger partial charge in [-0.3, -0.25) is 0 Å². The van der Waals surface area contributed by atoms with Gasteiger partial charge in [-0.05, 0) is 30.3 Å². The lowest BCUT2D eigenvalue weighted by molar-refractivity contribution is 0.0446. The van der Waals surface area contributed by atoms with E-state index in [0.29, 0.717) is 23.8 Å². The van der Waals surface area contributed by atoms with E-state index < -0.39 is 6.29 Å². The molecule has 3 aliphatic rings. The average molecular weight is 406 g/mol. The molecule has 3 aromatic rings. The van der Waals surface area contributed by atoms with Crippen LogP contribution >= 0.6 is 11.8 Å². The third-order valence-electron chi connectivity index (χ3n) is 5.06. The van der Waals surface area contributed by atoms with Crippen LogP contribution in [-0.4, -0.2) is 28.8 Å². The Bertz CT molecular complexity index is 1070. The van der Waals surface area contributed by atoms with E-state index in [1.54, 1.807) is 0 Å². The topological polar surface area (TPSA) is 77.5 Å². The Labute approximate surface area is 171 Å². The third kappa shape index (κ3) is 3.00. The summed E-state index contributed by atoms with van der Waals surface area (Å²) in [6.07, 6.45) is 1.22. The monoisotopic (exact) mass is 406 g/mol. The van der Waals surface area contributed by atoms with Crippen LogP contribution in [-0.2, 0) is 0 Å². The van der Waals surface area contributed by atoms with E-state index in [1.165, 1.54) is 4.90 Å². The molecule has 0 saturated heterocycles. The van der Waals surface area contributed by atoms with Crippen LogP contribution in [0.1, 0.15) is 23.7 Å². The molecule has 29 heavy (non-hydrogen) atoms. The Hall–Kier alpha value is -3.13. The minimum atomic E-state index is -0.549. The van der Waals surface area contributed by atoms with Gasteiger partial charge in [0, 0.05) is 24.1 Å². The van der Waals surface area contributed by atoms with Crippen molar-refractivity contribution in [3.8, 4) is 17.2 Å². The van der Waals surface area contributed by atoms with Gasteiger partial charge in [0.2, 0.25) is 0 Å². The van der Waals surface area contributed by atoms with Gasteiger partial charge in [-0.15, -0.1) is 11.8 Å². The van der Waals surface area contributed by atoms with E-state index in [-0.39, 0.29) is 6.10 Å². The number of ether oxygens (including phenoxy) is 3. The lowest BCUT2D eigenvalue weighted by atomic mass is 10.1. The lowest BCUT2D eigenvalue weighted by Gasteiger charge is -2.28. The van der Waals surface area contributed by atoms with Crippen molar-refractivity contribution in [3.05, 3.63) is 59.9 Å². The van der Waals surface area contributed by atoms with Crippen molar-refractivity contribution in [2.24, 2.45) is 0 Å². The first-order valence-corrected chi connectivity index (χ1v) is 10.5. The minimum Gasteiger partial charge on any atom is -0.480 e. The zero-order valence-corrected chi connectivity index (χ0v) is 16.2. The summed E-state index contributed by atoms with van der Waals surface area (Å²) in [7, 11) is 0. The molecule has 146 valence electrons. The van der Waals surface area contributed by atoms with Gasteiger partial charge in [0.1, 0.15) is 17.6 Å². The molecule has 1 aromatic carbocycles. The van der Waals surface area contributed by atoms with E-state index in [2.05, 4.69) is 26.7 Å². The molecule has 1 unspecified atom stereocenters. The molecule has 0 fully saturated rings. The molecule has 6 rings (SSSR count). The summed E-state index contributed by atoms with van der Waals surface area (Å²) in [4.78, 5) is 10.4. The fraction of sp³-hybridized carbons (Fsp3) is 0.238. The van der Waals surface area contributed by atoms with Gasteiger partial charge in [-0.25, -0.2) is 9.97 Å². The quantitative estimate of drug-likeness (QED) is 0.661. The van der Waals surface area contributed by atoms with Crippen LogP contribution in [0.2, 0.25) is 0 Å². The smallest absolute Gasteiger partial charge is 0.285 e. The summed E-state index contributed by atoms with van der Waals surface area (Å²) >= 11 is 1.82. The molecule has 0 saturated carbocycles. The molecule has 3 aliphatic heterocycles. The molecule has 0 bridgehead atoms. The van der Waals surface area contributed by atoms with Gasteiger partial charge >= 0.3 is 0 Å². The highest BCUT2D eigenvalue weighted by atomic mass is 32.2. The average Bonchev–Trinajstić information content (AvgIpc) is 3.22. The SMILES string of the molecule is c1ccc2c(c1)OC(c1ccc3c(n1)NCC(c1cnc4c(c1)SCCN4)O3)O2. The minimum absolute atomic E-state index is 0.112. The van der Waals surface area contributed by atoms with E-state index in [0.717, 1.165) is 35.2 Å². The molecule has 8 heteroatoms. The van der Waals surface area contributed by atoms with Crippen molar-refractivity contribution in [2.75, 3.05) is 29.5 Å². The second-order valence-electron chi connectivity index (χ2n) is 6.98. The highest BCUT2D eigenvalue weighted by Crippen LogP contribution is 2.41. The molecular formula is C21H18N4O3S. The Morgan fingerprint density at radius 2 is 1.79 bits per heavy atom. The molecule has 7 nitrogen and oxygen atoms in total. The maximum Gasteiger partial charge on any atom is 0.285 e. The van der Waals surface area contributed by atoms with Crippen molar-refractivity contribution >= 4 is 23.4 Å². The van der Waals surface area contributed by atoms with E-state index in [1.807, 2.05) is 54.4 Å². The highest BCUT2D eigenvalue weighted by molar-refractivity contribution is 7.99. The summed E-state index contributed by atoms with van der Waals surface area (Å²) < 4.78 is 17.9. The molecule has 5 heterocycles. The molecular weight excluding hydrogens is 388 g/mol. The van der Waals surface area contributed by atoms with Crippen molar-refractivity contribution < 1.29 is 14.2 Å². The lowest BCUT2D eigenvalue weighted by Crippen LogP contribution is -2.25. The van der Waals surface area contributed by atoms with Crippen LogP contribution in [0.4, 0.5) is 11.6 Å². The van der Waals surface area contributed by atoms with Crippen LogP contribution in [0.25, 0.3) is 0 Å². The largest absolute Gasteiger partial charge is 0.480 e. The number of anilines is 2. The highest BCUT2D eigenvalue weighted by Gasteiger charge is 2.29. The first-order valence-electron chi connectivity index (χ1n) is 9.54.